The molecule has 5 N–H and O–H groups in total. The number of hydrogen-bond acceptors (Lipinski definition) is 7. The lowest BCUT2D eigenvalue weighted by Crippen LogP contribution is -2.43. The Morgan fingerprint density at radius 3 is 2.44 bits per heavy atom. The number of aliphatic hydroxyl groups is 5. The number of hydrogen-bond donors (Lipinski definition) is 5. The van der Waals surface area contributed by atoms with Crippen molar-refractivity contribution in [1.29, 1.82) is 0 Å². The van der Waals surface area contributed by atoms with Crippen molar-refractivity contribution >= 4 is 0 Å². The molecule has 0 radical (unpaired) electrons. The van der Waals surface area contributed by atoms with Crippen molar-refractivity contribution in [3.8, 4) is 0 Å². The van der Waals surface area contributed by atoms with Gasteiger partial charge in [-0.2, -0.15) is 0 Å². The quantitative estimate of drug-likeness (QED) is 0.346. The summed E-state index contributed by atoms with van der Waals surface area (Å²) in [7, 11) is 0. The SMILES string of the molecule is OC[C@@H]1[C@@H](O)[C@H](O)[C@@H](O)[C@H](O)c2cnnn21. The fraction of sp³-hybridized carbons (Fsp3) is 0.750. The summed E-state index contributed by atoms with van der Waals surface area (Å²) in [5.41, 5.74) is 0.141. The van der Waals surface area contributed by atoms with Gasteiger partial charge in [0.05, 0.1) is 18.5 Å². The predicted molar refractivity (Wildman–Crippen MR) is 49.1 cm³/mol. The zero-order chi connectivity index (χ0) is 11.9. The Bertz CT molecular complexity index is 370. The Hall–Kier alpha value is -1.06. The molecule has 1 aromatic rings. The topological polar surface area (TPSA) is 132 Å². The second-order valence-corrected chi connectivity index (χ2v) is 3.77. The second kappa shape index (κ2) is 4.07. The number of aromatic nitrogens is 3. The van der Waals surface area contributed by atoms with Crippen LogP contribution in [0.3, 0.4) is 0 Å². The van der Waals surface area contributed by atoms with Gasteiger partial charge in [0.15, 0.2) is 0 Å². The average Bonchev–Trinajstić information content (AvgIpc) is 2.73. The molecule has 16 heavy (non-hydrogen) atoms. The molecule has 90 valence electrons. The van der Waals surface area contributed by atoms with Crippen LogP contribution in [0.4, 0.5) is 0 Å². The van der Waals surface area contributed by atoms with E-state index in [-0.39, 0.29) is 5.69 Å². The van der Waals surface area contributed by atoms with E-state index in [1.165, 1.54) is 6.20 Å². The van der Waals surface area contributed by atoms with Gasteiger partial charge in [0, 0.05) is 0 Å². The monoisotopic (exact) mass is 231 g/mol. The van der Waals surface area contributed by atoms with Crippen LogP contribution in [0, 0.1) is 0 Å². The van der Waals surface area contributed by atoms with Crippen LogP contribution in [0.5, 0.6) is 0 Å². The molecular weight excluding hydrogens is 218 g/mol. The highest BCUT2D eigenvalue weighted by Gasteiger charge is 2.42. The molecule has 0 aromatic carbocycles. The molecular formula is C8H13N3O5. The molecule has 2 heterocycles. The zero-order valence-electron chi connectivity index (χ0n) is 8.25. The maximum Gasteiger partial charge on any atom is 0.126 e. The first-order valence-corrected chi connectivity index (χ1v) is 4.81. The highest BCUT2D eigenvalue weighted by Crippen LogP contribution is 2.29. The van der Waals surface area contributed by atoms with Crippen molar-refractivity contribution in [1.82, 2.24) is 15.0 Å². The molecule has 1 aliphatic heterocycles. The van der Waals surface area contributed by atoms with E-state index in [9.17, 15) is 20.4 Å². The van der Waals surface area contributed by atoms with Gasteiger partial charge in [-0.05, 0) is 0 Å². The van der Waals surface area contributed by atoms with E-state index >= 15 is 0 Å². The number of nitrogens with zero attached hydrogens (tertiary/aromatic N) is 3. The van der Waals surface area contributed by atoms with Crippen LogP contribution >= 0.6 is 0 Å². The first-order chi connectivity index (χ1) is 7.57. The van der Waals surface area contributed by atoms with E-state index < -0.39 is 37.1 Å². The van der Waals surface area contributed by atoms with E-state index in [1.54, 1.807) is 0 Å². The van der Waals surface area contributed by atoms with Crippen LogP contribution < -0.4 is 0 Å². The average molecular weight is 231 g/mol. The van der Waals surface area contributed by atoms with Crippen LogP contribution in [-0.4, -0.2) is 65.4 Å². The maximum absolute atomic E-state index is 9.70. The summed E-state index contributed by atoms with van der Waals surface area (Å²) in [5, 5.41) is 54.8. The Labute approximate surface area is 90.4 Å². The summed E-state index contributed by atoms with van der Waals surface area (Å²) in [5.74, 6) is 0. The number of aliphatic hydroxyl groups excluding tert-OH is 5. The Morgan fingerprint density at radius 1 is 1.12 bits per heavy atom. The fourth-order valence-electron chi connectivity index (χ4n) is 1.84. The molecule has 0 spiro atoms. The third-order valence-corrected chi connectivity index (χ3v) is 2.82. The van der Waals surface area contributed by atoms with E-state index in [1.807, 2.05) is 0 Å². The summed E-state index contributed by atoms with van der Waals surface area (Å²) in [6.07, 6.45) is -4.74. The van der Waals surface area contributed by atoms with E-state index in [0.717, 1.165) is 4.68 Å². The first-order valence-electron chi connectivity index (χ1n) is 4.81. The van der Waals surface area contributed by atoms with E-state index in [0.29, 0.717) is 0 Å². The lowest BCUT2D eigenvalue weighted by atomic mass is 10.0. The summed E-state index contributed by atoms with van der Waals surface area (Å²) in [6.45, 7) is -0.492. The highest BCUT2D eigenvalue weighted by atomic mass is 16.4. The molecule has 0 saturated heterocycles. The Morgan fingerprint density at radius 2 is 1.81 bits per heavy atom. The van der Waals surface area contributed by atoms with Crippen LogP contribution in [0.25, 0.3) is 0 Å². The molecule has 0 saturated carbocycles. The minimum atomic E-state index is -1.56. The van der Waals surface area contributed by atoms with Crippen molar-refractivity contribution in [2.24, 2.45) is 0 Å². The van der Waals surface area contributed by atoms with Gasteiger partial charge in [0.1, 0.15) is 30.5 Å². The van der Waals surface area contributed by atoms with Gasteiger partial charge in [-0.3, -0.25) is 0 Å². The van der Waals surface area contributed by atoms with Crippen molar-refractivity contribution < 1.29 is 25.5 Å². The third-order valence-electron chi connectivity index (χ3n) is 2.82. The molecule has 0 fully saturated rings. The van der Waals surface area contributed by atoms with Crippen LogP contribution in [0.15, 0.2) is 6.20 Å². The van der Waals surface area contributed by atoms with Gasteiger partial charge < -0.3 is 25.5 Å². The lowest BCUT2D eigenvalue weighted by molar-refractivity contribution is -0.111. The fourth-order valence-corrected chi connectivity index (χ4v) is 1.84. The zero-order valence-corrected chi connectivity index (χ0v) is 8.25. The van der Waals surface area contributed by atoms with E-state index in [2.05, 4.69) is 10.3 Å². The summed E-state index contributed by atoms with van der Waals surface area (Å²) in [4.78, 5) is 0. The summed E-state index contributed by atoms with van der Waals surface area (Å²) in [6, 6.07) is -0.945. The van der Waals surface area contributed by atoms with Gasteiger partial charge in [-0.25, -0.2) is 4.68 Å². The minimum absolute atomic E-state index is 0.141. The standard InChI is InChI=1S/C8H13N3O5/c12-2-4-6(14)8(16)7(15)5(13)3-1-9-10-11(3)4/h1,4-8,12-16H,2H2/t4-,5-,6-,7+,8+/m1/s1. The summed E-state index contributed by atoms with van der Waals surface area (Å²) < 4.78 is 1.11. The molecule has 1 aromatic heterocycles. The van der Waals surface area contributed by atoms with Gasteiger partial charge in [-0.1, -0.05) is 5.21 Å². The third kappa shape index (κ3) is 1.51. The van der Waals surface area contributed by atoms with Crippen molar-refractivity contribution in [3.05, 3.63) is 11.9 Å². The lowest BCUT2D eigenvalue weighted by Gasteiger charge is -2.24. The van der Waals surface area contributed by atoms with E-state index in [4.69, 9.17) is 5.11 Å². The molecule has 8 nitrogen and oxygen atoms in total. The van der Waals surface area contributed by atoms with Gasteiger partial charge in [-0.15, -0.1) is 5.10 Å². The van der Waals surface area contributed by atoms with Gasteiger partial charge >= 0.3 is 0 Å². The summed E-state index contributed by atoms with van der Waals surface area (Å²) >= 11 is 0. The highest BCUT2D eigenvalue weighted by molar-refractivity contribution is 5.09. The maximum atomic E-state index is 9.70. The minimum Gasteiger partial charge on any atom is -0.394 e. The molecule has 2 rings (SSSR count). The molecule has 1 aliphatic rings. The van der Waals surface area contributed by atoms with Crippen molar-refractivity contribution in [2.45, 2.75) is 30.5 Å². The van der Waals surface area contributed by atoms with Gasteiger partial charge in [0.25, 0.3) is 0 Å². The first kappa shape index (κ1) is 11.4. The van der Waals surface area contributed by atoms with Crippen LogP contribution in [0.2, 0.25) is 0 Å². The van der Waals surface area contributed by atoms with Crippen molar-refractivity contribution in [3.63, 3.8) is 0 Å². The van der Waals surface area contributed by atoms with Crippen LogP contribution in [-0.2, 0) is 0 Å². The molecule has 5 atom stereocenters. The number of fused-ring (bicyclic) bond motifs is 1. The molecule has 0 aliphatic carbocycles. The second-order valence-electron chi connectivity index (χ2n) is 3.77. The smallest absolute Gasteiger partial charge is 0.126 e. The molecule has 8 heteroatoms. The molecule has 0 bridgehead atoms. The van der Waals surface area contributed by atoms with Crippen molar-refractivity contribution in [2.75, 3.05) is 6.61 Å². The Kier molecular flexibility index (Phi) is 2.91. The predicted octanol–water partition coefficient (Wildman–Crippen LogP) is -3.06. The largest absolute Gasteiger partial charge is 0.394 e. The normalized spacial score (nSPS) is 39.2. The Balaban J connectivity index is 2.48. The number of rotatable bonds is 1. The van der Waals surface area contributed by atoms with Gasteiger partial charge in [0.2, 0.25) is 0 Å². The molecule has 0 amide bonds. The molecule has 0 unspecified atom stereocenters. The van der Waals surface area contributed by atoms with Crippen LogP contribution in [0.1, 0.15) is 17.8 Å².